The number of nitrogens with zero attached hydrogens (tertiary/aromatic N) is 5. The van der Waals surface area contributed by atoms with Crippen molar-refractivity contribution in [2.75, 3.05) is 78.5 Å². The molecule has 9 nitrogen and oxygen atoms in total. The maximum atomic E-state index is 9.59. The van der Waals surface area contributed by atoms with Crippen LogP contribution < -0.4 is 15.5 Å². The summed E-state index contributed by atoms with van der Waals surface area (Å²) in [5.74, 6) is 1.44. The quantitative estimate of drug-likeness (QED) is 0.169. The summed E-state index contributed by atoms with van der Waals surface area (Å²) in [4.78, 5) is 14.3. The molecule has 2 saturated heterocycles. The first-order valence-corrected chi connectivity index (χ1v) is 19.9. The van der Waals surface area contributed by atoms with Crippen molar-refractivity contribution in [1.29, 1.82) is 5.41 Å². The number of piperidine rings is 1. The smallest absolute Gasteiger partial charge is 0.198 e. The Balaban J connectivity index is 0.00000470. The molecule has 3 heterocycles. The molecular weight excluding hydrogens is 921 g/mol. The summed E-state index contributed by atoms with van der Waals surface area (Å²) in [7, 11) is 6.12. The third kappa shape index (κ3) is 14.9. The minimum atomic E-state index is 0. The van der Waals surface area contributed by atoms with E-state index in [0.717, 1.165) is 67.1 Å². The van der Waals surface area contributed by atoms with Gasteiger partial charge in [0.15, 0.2) is 5.88 Å². The molecule has 3 aliphatic rings. The van der Waals surface area contributed by atoms with Gasteiger partial charge in [-0.25, -0.2) is 4.99 Å². The Hall–Kier alpha value is -5.08. The Bertz CT molecular complexity index is 1480. The number of likely N-dealkylation sites (N-methyl/N-ethyl adjacent to an activating group) is 1. The minimum Gasteiger partial charge on any atom is -0.479 e. The summed E-state index contributed by atoms with van der Waals surface area (Å²) < 4.78 is 6.25. The van der Waals surface area contributed by atoms with Gasteiger partial charge in [-0.3, -0.25) is 10.3 Å². The standard InChI is InChI=1S/C40H60N8O.2C2H6.CH3.Es/c1-10-29(3)26-37(38-27-30(4)43-32(6)44-31(5)36(11-2)40(45(7)8)49-25-13-18-42-38)39(41)33-14-12-15-35(28-33)47-19-16-34(17-20-47)48-23-21-46(9)22-24-48;2*1-2;;/h11-12,14-15,26-29,34,41-43H,2,4,6,10,13,16-25H2,1,3,5,7-9H3;2*1-2H3;1H3;/q;;;-1;/b37-26+,38-27+,40-36-,41-39?,44-31+;;;;. The van der Waals surface area contributed by atoms with Crippen LogP contribution in [0.1, 0.15) is 79.7 Å². The van der Waals surface area contributed by atoms with Crippen LogP contribution in [0.2, 0.25) is 0 Å². The van der Waals surface area contributed by atoms with Crippen LogP contribution in [0.4, 0.5) is 5.69 Å². The first-order valence-electron chi connectivity index (χ1n) is 19.9. The second-order valence-corrected chi connectivity index (χ2v) is 13.7. The number of hydrogen-bond acceptors (Lipinski definition) is 9. The monoisotopic (exact) mass is 996 g/mol. The van der Waals surface area contributed by atoms with E-state index in [0.29, 0.717) is 42.3 Å². The summed E-state index contributed by atoms with van der Waals surface area (Å²) in [5, 5.41) is 16.5. The second kappa shape index (κ2) is 25.9. The normalized spacial score (nSPS) is 21.9. The molecule has 0 aromatic heterocycles. The van der Waals surface area contributed by atoms with E-state index >= 15 is 0 Å². The van der Waals surface area contributed by atoms with E-state index in [9.17, 15) is 5.41 Å². The van der Waals surface area contributed by atoms with Gasteiger partial charge in [-0.2, -0.15) is 0 Å². The maximum absolute atomic E-state index is 9.59. The molecule has 0 spiro atoms. The topological polar surface area (TPSA) is 82.5 Å². The van der Waals surface area contributed by atoms with Gasteiger partial charge in [-0.1, -0.05) is 92.0 Å². The van der Waals surface area contributed by atoms with Gasteiger partial charge in [0.2, 0.25) is 0 Å². The predicted octanol–water partition coefficient (Wildman–Crippen LogP) is 8.63. The van der Waals surface area contributed by atoms with E-state index in [-0.39, 0.29) is 13.3 Å². The van der Waals surface area contributed by atoms with Gasteiger partial charge >= 0.3 is 0 Å². The van der Waals surface area contributed by atoms with Crippen molar-refractivity contribution < 1.29 is 4.74 Å². The van der Waals surface area contributed by atoms with E-state index in [2.05, 4.69) is 96.3 Å². The summed E-state index contributed by atoms with van der Waals surface area (Å²) in [6.07, 6.45) is 10.0. The van der Waals surface area contributed by atoms with Gasteiger partial charge in [-0.05, 0) is 57.4 Å². The maximum Gasteiger partial charge on any atom is 0.198 e. The summed E-state index contributed by atoms with van der Waals surface area (Å²) in [6.45, 7) is 34.6. The molecule has 3 aliphatic heterocycles. The molecular formula is C45H75EsN8O-. The van der Waals surface area contributed by atoms with Gasteiger partial charge in [0.1, 0.15) is 5.82 Å². The Morgan fingerprint density at radius 2 is 1.71 bits per heavy atom. The van der Waals surface area contributed by atoms with E-state index in [1.807, 2.05) is 59.7 Å². The molecule has 1 atom stereocenters. The molecule has 4 rings (SSSR count). The van der Waals surface area contributed by atoms with Crippen LogP contribution in [0.5, 0.6) is 0 Å². The number of benzene rings is 1. The van der Waals surface area contributed by atoms with Gasteiger partial charge in [0.05, 0.1) is 23.6 Å². The fraction of sp³-hybridized carbons (Fsp3) is 0.533. The van der Waals surface area contributed by atoms with Crippen molar-refractivity contribution in [2.24, 2.45) is 10.9 Å². The van der Waals surface area contributed by atoms with Crippen molar-refractivity contribution in [3.05, 3.63) is 109 Å². The van der Waals surface area contributed by atoms with Gasteiger partial charge in [-0.15, -0.1) is 0 Å². The molecule has 313 valence electrons. The number of aliphatic imine (C=N–C) groups is 1. The molecule has 0 amide bonds. The van der Waals surface area contributed by atoms with Crippen molar-refractivity contribution in [1.82, 2.24) is 25.3 Å². The van der Waals surface area contributed by atoms with Crippen LogP contribution in [0, 0.1) is 18.8 Å². The van der Waals surface area contributed by atoms with Crippen LogP contribution in [0.25, 0.3) is 0 Å². The van der Waals surface area contributed by atoms with Crippen molar-refractivity contribution >= 4 is 17.1 Å². The third-order valence-electron chi connectivity index (χ3n) is 9.71. The van der Waals surface area contributed by atoms with E-state index in [1.165, 1.54) is 31.6 Å². The first-order chi connectivity index (χ1) is 25.5. The first kappa shape index (κ1) is 49.9. The van der Waals surface area contributed by atoms with Gasteiger partial charge in [0.25, 0.3) is 0 Å². The molecule has 55 heavy (non-hydrogen) atoms. The molecule has 0 saturated carbocycles. The van der Waals surface area contributed by atoms with Crippen LogP contribution >= 0.6 is 0 Å². The number of allylic oxidation sites excluding steroid dienone is 5. The van der Waals surface area contributed by atoms with E-state index in [4.69, 9.17) is 9.73 Å². The number of anilines is 1. The largest absolute Gasteiger partial charge is 0.479 e. The molecule has 1 aromatic rings. The van der Waals surface area contributed by atoms with Crippen LogP contribution in [-0.4, -0.2) is 106 Å². The number of piperazine rings is 1. The van der Waals surface area contributed by atoms with Crippen LogP contribution in [0.15, 0.2) is 101 Å². The van der Waals surface area contributed by atoms with Gasteiger partial charge < -0.3 is 37.5 Å². The Morgan fingerprint density at radius 3 is 2.29 bits per heavy atom. The van der Waals surface area contributed by atoms with Crippen molar-refractivity contribution in [3.63, 3.8) is 0 Å². The average molecular weight is 996 g/mol. The SMILES string of the molecule is C=CC1=C(\N(C)C)OCCCNC(/C(=C\C(C)CC)C(=N)c2cccc(N3CCC(N4CCN(C)CC4)CC3)c2)=C/C(=C)NC(=C)\N=C\1C.CC.CC.[CH3-].[Es]. The molecule has 2 fully saturated rings. The summed E-state index contributed by atoms with van der Waals surface area (Å²) in [6, 6.07) is 9.20. The zero-order valence-corrected chi connectivity index (χ0v) is 38.8. The molecule has 0 bridgehead atoms. The predicted molar refractivity (Wildman–Crippen MR) is 236 cm³/mol. The van der Waals surface area contributed by atoms with Crippen molar-refractivity contribution in [3.8, 4) is 0 Å². The molecule has 0 aliphatic carbocycles. The number of hydrogen-bond donors (Lipinski definition) is 3. The molecule has 1 unspecified atom stereocenters. The van der Waals surface area contributed by atoms with Crippen LogP contribution in [0.3, 0.4) is 0 Å². The number of nitrogens with one attached hydrogen (secondary N) is 3. The Morgan fingerprint density at radius 1 is 1.07 bits per heavy atom. The fourth-order valence-corrected chi connectivity index (χ4v) is 6.61. The average Bonchev–Trinajstić information content (AvgIpc) is 3.17. The summed E-state index contributed by atoms with van der Waals surface area (Å²) >= 11 is 0. The fourth-order valence-electron chi connectivity index (χ4n) is 6.61. The molecule has 3 N–H and O–H groups in total. The number of rotatable bonds is 9. The van der Waals surface area contributed by atoms with Crippen molar-refractivity contribution in [2.45, 2.75) is 80.2 Å². The third-order valence-corrected chi connectivity index (χ3v) is 9.71. The molecule has 1 radical (unpaired) electrons. The van der Waals surface area contributed by atoms with Gasteiger partial charge in [0, 0.05) is 94.2 Å². The molecule has 10 heteroatoms. The summed E-state index contributed by atoms with van der Waals surface area (Å²) in [5.41, 5.74) is 6.45. The zero-order valence-electron chi connectivity index (χ0n) is 36.2. The second-order valence-electron chi connectivity index (χ2n) is 13.7. The Labute approximate surface area is 330 Å². The minimum absolute atomic E-state index is 0. The van der Waals surface area contributed by atoms with E-state index in [1.54, 1.807) is 6.08 Å². The zero-order chi connectivity index (χ0) is 39.5. The van der Waals surface area contributed by atoms with Crippen LogP contribution in [-0.2, 0) is 4.74 Å². The van der Waals surface area contributed by atoms with E-state index < -0.39 is 0 Å². The Kier molecular flexibility index (Phi) is 23.5. The molecule has 1 aromatic carbocycles. The number of ether oxygens (including phenoxy) is 1.